The van der Waals surface area contributed by atoms with Gasteiger partial charge in [-0.25, -0.2) is 0 Å². The fourth-order valence-corrected chi connectivity index (χ4v) is 2.43. The van der Waals surface area contributed by atoms with Gasteiger partial charge in [-0.1, -0.05) is 54.1 Å². The molecule has 0 aliphatic rings. The van der Waals surface area contributed by atoms with Gasteiger partial charge in [0.15, 0.2) is 0 Å². The van der Waals surface area contributed by atoms with Crippen LogP contribution in [0.1, 0.15) is 12.0 Å². The SMILES string of the molecule is CN(C)CCCc1cccc(-c2ccccc2Cl)c1. The van der Waals surface area contributed by atoms with Gasteiger partial charge in [-0.05, 0) is 50.7 Å². The van der Waals surface area contributed by atoms with E-state index < -0.39 is 0 Å². The number of hydrogen-bond acceptors (Lipinski definition) is 1. The van der Waals surface area contributed by atoms with Crippen molar-refractivity contribution in [2.75, 3.05) is 20.6 Å². The van der Waals surface area contributed by atoms with E-state index in [0.29, 0.717) is 0 Å². The molecule has 0 unspecified atom stereocenters. The van der Waals surface area contributed by atoms with Crippen LogP contribution in [0.3, 0.4) is 0 Å². The Morgan fingerprint density at radius 1 is 1.00 bits per heavy atom. The van der Waals surface area contributed by atoms with Crippen molar-refractivity contribution in [1.29, 1.82) is 0 Å². The van der Waals surface area contributed by atoms with Crippen LogP contribution in [0, 0.1) is 0 Å². The molecule has 0 atom stereocenters. The molecule has 2 heteroatoms. The van der Waals surface area contributed by atoms with Crippen LogP contribution in [0.5, 0.6) is 0 Å². The number of benzene rings is 2. The maximum atomic E-state index is 6.25. The van der Waals surface area contributed by atoms with E-state index >= 15 is 0 Å². The number of rotatable bonds is 5. The Bertz CT molecular complexity index is 534. The van der Waals surface area contributed by atoms with Crippen LogP contribution in [0.4, 0.5) is 0 Å². The van der Waals surface area contributed by atoms with Crippen LogP contribution in [0.15, 0.2) is 48.5 Å². The van der Waals surface area contributed by atoms with Crippen LogP contribution in [-0.4, -0.2) is 25.5 Å². The van der Waals surface area contributed by atoms with Crippen molar-refractivity contribution in [3.05, 3.63) is 59.1 Å². The first-order valence-electron chi connectivity index (χ1n) is 6.65. The molecule has 0 heterocycles. The van der Waals surface area contributed by atoms with Gasteiger partial charge in [0.25, 0.3) is 0 Å². The zero-order chi connectivity index (χ0) is 13.7. The molecule has 0 radical (unpaired) electrons. The number of aryl methyl sites for hydroxylation is 1. The van der Waals surface area contributed by atoms with Gasteiger partial charge in [0.05, 0.1) is 0 Å². The van der Waals surface area contributed by atoms with Gasteiger partial charge in [-0.3, -0.25) is 0 Å². The molecule has 2 aromatic carbocycles. The Kier molecular flexibility index (Phi) is 5.00. The Balaban J connectivity index is 2.13. The van der Waals surface area contributed by atoms with Crippen LogP contribution in [-0.2, 0) is 6.42 Å². The largest absolute Gasteiger partial charge is 0.309 e. The molecule has 0 aliphatic heterocycles. The van der Waals surface area contributed by atoms with E-state index in [4.69, 9.17) is 11.6 Å². The third-order valence-electron chi connectivity index (χ3n) is 3.18. The zero-order valence-electron chi connectivity index (χ0n) is 11.6. The van der Waals surface area contributed by atoms with Gasteiger partial charge < -0.3 is 4.90 Å². The van der Waals surface area contributed by atoms with E-state index in [0.717, 1.165) is 23.6 Å². The molecule has 0 N–H and O–H groups in total. The summed E-state index contributed by atoms with van der Waals surface area (Å²) in [7, 11) is 4.22. The first-order valence-corrected chi connectivity index (χ1v) is 7.03. The molecule has 0 saturated carbocycles. The molecule has 0 spiro atoms. The lowest BCUT2D eigenvalue weighted by Gasteiger charge is -2.10. The Labute approximate surface area is 120 Å². The maximum Gasteiger partial charge on any atom is 0.0484 e. The average Bonchev–Trinajstić information content (AvgIpc) is 2.39. The molecule has 2 aromatic rings. The summed E-state index contributed by atoms with van der Waals surface area (Å²) in [5.41, 5.74) is 3.69. The molecular formula is C17H20ClN. The van der Waals surface area contributed by atoms with Gasteiger partial charge in [-0.2, -0.15) is 0 Å². The van der Waals surface area contributed by atoms with E-state index in [1.807, 2.05) is 18.2 Å². The molecule has 0 aliphatic carbocycles. The van der Waals surface area contributed by atoms with Gasteiger partial charge in [0.2, 0.25) is 0 Å². The summed E-state index contributed by atoms with van der Waals surface area (Å²) in [6, 6.07) is 16.7. The van der Waals surface area contributed by atoms with Crippen LogP contribution in [0.2, 0.25) is 5.02 Å². The van der Waals surface area contributed by atoms with Gasteiger partial charge in [-0.15, -0.1) is 0 Å². The summed E-state index contributed by atoms with van der Waals surface area (Å²) in [5, 5.41) is 0.813. The lowest BCUT2D eigenvalue weighted by Crippen LogP contribution is -2.13. The van der Waals surface area contributed by atoms with Crippen molar-refractivity contribution in [2.24, 2.45) is 0 Å². The summed E-state index contributed by atoms with van der Waals surface area (Å²) in [6.45, 7) is 1.12. The fourth-order valence-electron chi connectivity index (χ4n) is 2.19. The lowest BCUT2D eigenvalue weighted by atomic mass is 10.0. The number of hydrogen-bond donors (Lipinski definition) is 0. The highest BCUT2D eigenvalue weighted by molar-refractivity contribution is 6.33. The van der Waals surface area contributed by atoms with Crippen molar-refractivity contribution < 1.29 is 0 Å². The topological polar surface area (TPSA) is 3.24 Å². The highest BCUT2D eigenvalue weighted by atomic mass is 35.5. The molecule has 0 saturated heterocycles. The lowest BCUT2D eigenvalue weighted by molar-refractivity contribution is 0.400. The molecule has 0 amide bonds. The summed E-state index contributed by atoms with van der Waals surface area (Å²) in [5.74, 6) is 0. The van der Waals surface area contributed by atoms with Gasteiger partial charge in [0.1, 0.15) is 0 Å². The number of nitrogens with zero attached hydrogens (tertiary/aromatic N) is 1. The minimum atomic E-state index is 0.813. The second kappa shape index (κ2) is 6.74. The quantitative estimate of drug-likeness (QED) is 0.775. The smallest absolute Gasteiger partial charge is 0.0484 e. The highest BCUT2D eigenvalue weighted by Crippen LogP contribution is 2.28. The standard InChI is InChI=1S/C17H20ClN/c1-19(2)12-6-8-14-7-5-9-15(13-14)16-10-3-4-11-17(16)18/h3-5,7,9-11,13H,6,8,12H2,1-2H3. The summed E-state index contributed by atoms with van der Waals surface area (Å²) < 4.78 is 0. The van der Waals surface area contributed by atoms with Gasteiger partial charge in [0, 0.05) is 10.6 Å². The maximum absolute atomic E-state index is 6.25. The second-order valence-corrected chi connectivity index (χ2v) is 5.49. The third-order valence-corrected chi connectivity index (χ3v) is 3.51. The second-order valence-electron chi connectivity index (χ2n) is 5.09. The summed E-state index contributed by atoms with van der Waals surface area (Å²) in [6.07, 6.45) is 2.29. The van der Waals surface area contributed by atoms with Crippen LogP contribution >= 0.6 is 11.6 Å². The van der Waals surface area contributed by atoms with Crippen molar-refractivity contribution >= 4 is 11.6 Å². The van der Waals surface area contributed by atoms with E-state index in [-0.39, 0.29) is 0 Å². The fraction of sp³-hybridized carbons (Fsp3) is 0.294. The zero-order valence-corrected chi connectivity index (χ0v) is 12.3. The third kappa shape index (κ3) is 4.09. The molecule has 2 rings (SSSR count). The minimum Gasteiger partial charge on any atom is -0.309 e. The van der Waals surface area contributed by atoms with E-state index in [2.05, 4.69) is 49.3 Å². The Hall–Kier alpha value is -1.31. The molecule has 19 heavy (non-hydrogen) atoms. The highest BCUT2D eigenvalue weighted by Gasteiger charge is 2.03. The predicted molar refractivity (Wildman–Crippen MR) is 83.8 cm³/mol. The van der Waals surface area contributed by atoms with Gasteiger partial charge >= 0.3 is 0 Å². The van der Waals surface area contributed by atoms with Crippen molar-refractivity contribution in [3.63, 3.8) is 0 Å². The first kappa shape index (κ1) is 14.1. The Morgan fingerprint density at radius 3 is 2.53 bits per heavy atom. The number of halogens is 1. The monoisotopic (exact) mass is 273 g/mol. The normalized spacial score (nSPS) is 10.9. The molecule has 100 valence electrons. The minimum absolute atomic E-state index is 0.813. The van der Waals surface area contributed by atoms with Crippen molar-refractivity contribution in [2.45, 2.75) is 12.8 Å². The average molecular weight is 274 g/mol. The predicted octanol–water partition coefficient (Wildman–Crippen LogP) is 4.50. The molecule has 1 nitrogen and oxygen atoms in total. The first-order chi connectivity index (χ1) is 9.16. The van der Waals surface area contributed by atoms with Crippen LogP contribution < -0.4 is 0 Å². The summed E-state index contributed by atoms with van der Waals surface area (Å²) in [4.78, 5) is 2.22. The molecular weight excluding hydrogens is 254 g/mol. The summed E-state index contributed by atoms with van der Waals surface area (Å²) >= 11 is 6.25. The van der Waals surface area contributed by atoms with Crippen molar-refractivity contribution in [3.8, 4) is 11.1 Å². The molecule has 0 aromatic heterocycles. The molecule has 0 fully saturated rings. The van der Waals surface area contributed by atoms with E-state index in [1.165, 1.54) is 17.5 Å². The molecule has 0 bridgehead atoms. The van der Waals surface area contributed by atoms with Crippen molar-refractivity contribution in [1.82, 2.24) is 4.90 Å². The van der Waals surface area contributed by atoms with E-state index in [9.17, 15) is 0 Å². The Morgan fingerprint density at radius 2 is 1.79 bits per heavy atom. The van der Waals surface area contributed by atoms with Crippen LogP contribution in [0.25, 0.3) is 11.1 Å². The van der Waals surface area contributed by atoms with E-state index in [1.54, 1.807) is 0 Å².